The molecule has 1 fully saturated rings. The molecule has 1 nitrogen and oxygen atoms in total. The minimum Gasteiger partial charge on any atom is -0.485 e. The van der Waals surface area contributed by atoms with Gasteiger partial charge in [0, 0.05) is 3.57 Å². The van der Waals surface area contributed by atoms with Gasteiger partial charge in [-0.2, -0.15) is 0 Å². The van der Waals surface area contributed by atoms with E-state index in [1.807, 2.05) is 12.1 Å². The minimum atomic E-state index is 0.223. The number of ether oxygens (including phenoxy) is 1. The largest absolute Gasteiger partial charge is 0.485 e. The van der Waals surface area contributed by atoms with Gasteiger partial charge in [-0.1, -0.05) is 12.6 Å². The minimum absolute atomic E-state index is 0.223. The molecule has 1 aliphatic rings. The molecule has 1 unspecified atom stereocenters. The Morgan fingerprint density at radius 2 is 2.06 bits per heavy atom. The fourth-order valence-electron chi connectivity index (χ4n) is 1.92. The molecular formula is C13H14I2O. The molecule has 1 atom stereocenters. The van der Waals surface area contributed by atoms with Crippen molar-refractivity contribution in [3.8, 4) is 5.75 Å². The van der Waals surface area contributed by atoms with Crippen LogP contribution in [0.1, 0.15) is 25.7 Å². The topological polar surface area (TPSA) is 9.23 Å². The van der Waals surface area contributed by atoms with Crippen LogP contribution in [0.25, 0.3) is 0 Å². The molecule has 0 heterocycles. The number of hydrogen-bond donors (Lipinski definition) is 0. The molecule has 16 heavy (non-hydrogen) atoms. The molecule has 0 radical (unpaired) electrons. The summed E-state index contributed by atoms with van der Waals surface area (Å²) >= 11 is 4.69. The van der Waals surface area contributed by atoms with E-state index in [0.717, 1.165) is 18.6 Å². The van der Waals surface area contributed by atoms with E-state index in [-0.39, 0.29) is 6.10 Å². The highest BCUT2D eigenvalue weighted by Crippen LogP contribution is 2.31. The van der Waals surface area contributed by atoms with Gasteiger partial charge in [0.2, 0.25) is 0 Å². The SMILES string of the molecule is C=C1CCCCC1Oc1cccc(I)c1I. The molecule has 0 aromatic heterocycles. The van der Waals surface area contributed by atoms with Crippen LogP contribution in [0.3, 0.4) is 0 Å². The fourth-order valence-corrected chi connectivity index (χ4v) is 2.88. The predicted molar refractivity (Wildman–Crippen MR) is 83.9 cm³/mol. The number of benzene rings is 1. The van der Waals surface area contributed by atoms with Crippen molar-refractivity contribution >= 4 is 45.2 Å². The Bertz CT molecular complexity index is 401. The second-order valence-corrected chi connectivity index (χ2v) is 6.30. The lowest BCUT2D eigenvalue weighted by molar-refractivity contribution is 0.202. The molecule has 0 bridgehead atoms. The van der Waals surface area contributed by atoms with Gasteiger partial charge in [-0.05, 0) is 88.6 Å². The summed E-state index contributed by atoms with van der Waals surface area (Å²) in [5.74, 6) is 1.00. The fraction of sp³-hybridized carbons (Fsp3) is 0.385. The Balaban J connectivity index is 2.14. The number of rotatable bonds is 2. The van der Waals surface area contributed by atoms with Crippen molar-refractivity contribution in [2.75, 3.05) is 0 Å². The first kappa shape index (κ1) is 12.7. The number of hydrogen-bond acceptors (Lipinski definition) is 1. The lowest BCUT2D eigenvalue weighted by atomic mass is 9.93. The van der Waals surface area contributed by atoms with Crippen LogP contribution in [0.5, 0.6) is 5.75 Å². The van der Waals surface area contributed by atoms with Crippen molar-refractivity contribution in [2.24, 2.45) is 0 Å². The first-order valence-electron chi connectivity index (χ1n) is 5.47. The molecule has 0 amide bonds. The van der Waals surface area contributed by atoms with Crippen molar-refractivity contribution in [1.82, 2.24) is 0 Å². The van der Waals surface area contributed by atoms with E-state index < -0.39 is 0 Å². The maximum atomic E-state index is 6.07. The van der Waals surface area contributed by atoms with Crippen LogP contribution < -0.4 is 4.74 Å². The molecule has 1 aromatic carbocycles. The molecule has 0 spiro atoms. The number of halogens is 2. The van der Waals surface area contributed by atoms with Gasteiger partial charge in [0.1, 0.15) is 11.9 Å². The summed E-state index contributed by atoms with van der Waals surface area (Å²) in [7, 11) is 0. The Hall–Kier alpha value is 0.220. The summed E-state index contributed by atoms with van der Waals surface area (Å²) in [6, 6.07) is 6.20. The van der Waals surface area contributed by atoms with Crippen molar-refractivity contribution in [2.45, 2.75) is 31.8 Å². The molecule has 1 aromatic rings. The van der Waals surface area contributed by atoms with Crippen molar-refractivity contribution in [3.63, 3.8) is 0 Å². The Morgan fingerprint density at radius 3 is 2.81 bits per heavy atom. The highest BCUT2D eigenvalue weighted by Gasteiger charge is 2.19. The zero-order valence-electron chi connectivity index (χ0n) is 9.01. The summed E-state index contributed by atoms with van der Waals surface area (Å²) in [6.07, 6.45) is 4.97. The van der Waals surface area contributed by atoms with Gasteiger partial charge in [-0.15, -0.1) is 0 Å². The normalized spacial score (nSPS) is 20.9. The zero-order valence-corrected chi connectivity index (χ0v) is 13.3. The summed E-state index contributed by atoms with van der Waals surface area (Å²) in [4.78, 5) is 0. The van der Waals surface area contributed by atoms with E-state index in [9.17, 15) is 0 Å². The third-order valence-corrected chi connectivity index (χ3v) is 5.90. The third-order valence-electron chi connectivity index (χ3n) is 2.85. The molecule has 1 aliphatic carbocycles. The van der Waals surface area contributed by atoms with Gasteiger partial charge in [0.25, 0.3) is 0 Å². The molecule has 0 saturated heterocycles. The summed E-state index contributed by atoms with van der Waals surface area (Å²) < 4.78 is 8.52. The van der Waals surface area contributed by atoms with E-state index in [1.165, 1.54) is 25.6 Å². The van der Waals surface area contributed by atoms with Gasteiger partial charge < -0.3 is 4.74 Å². The standard InChI is InChI=1S/C13H14I2O/c1-9-5-2-3-7-11(9)16-12-8-4-6-10(14)13(12)15/h4,6,8,11H,1-3,5,7H2. The lowest BCUT2D eigenvalue weighted by Crippen LogP contribution is -2.22. The van der Waals surface area contributed by atoms with Crippen molar-refractivity contribution < 1.29 is 4.74 Å². The maximum Gasteiger partial charge on any atom is 0.134 e. The Labute approximate surface area is 124 Å². The summed E-state index contributed by atoms with van der Waals surface area (Å²) in [5.41, 5.74) is 1.25. The molecule has 1 saturated carbocycles. The van der Waals surface area contributed by atoms with Crippen LogP contribution in [0.4, 0.5) is 0 Å². The first-order valence-corrected chi connectivity index (χ1v) is 7.62. The van der Waals surface area contributed by atoms with Gasteiger partial charge >= 0.3 is 0 Å². The molecule has 0 aliphatic heterocycles. The zero-order chi connectivity index (χ0) is 11.5. The predicted octanol–water partition coefficient (Wildman–Crippen LogP) is 4.77. The third kappa shape index (κ3) is 2.91. The van der Waals surface area contributed by atoms with Gasteiger partial charge in [0.05, 0.1) is 3.57 Å². The smallest absolute Gasteiger partial charge is 0.134 e. The van der Waals surface area contributed by atoms with Gasteiger partial charge in [-0.25, -0.2) is 0 Å². The van der Waals surface area contributed by atoms with Crippen LogP contribution in [-0.4, -0.2) is 6.10 Å². The lowest BCUT2D eigenvalue weighted by Gasteiger charge is -2.26. The van der Waals surface area contributed by atoms with Gasteiger partial charge in [0.15, 0.2) is 0 Å². The van der Waals surface area contributed by atoms with Crippen LogP contribution in [-0.2, 0) is 0 Å². The van der Waals surface area contributed by atoms with E-state index in [4.69, 9.17) is 4.74 Å². The highest BCUT2D eigenvalue weighted by molar-refractivity contribution is 14.1. The molecule has 2 rings (SSSR count). The van der Waals surface area contributed by atoms with Crippen LogP contribution in [0, 0.1) is 7.14 Å². The average Bonchev–Trinajstić information content (AvgIpc) is 2.28. The Morgan fingerprint density at radius 1 is 1.25 bits per heavy atom. The second-order valence-electron chi connectivity index (χ2n) is 4.06. The molecule has 0 N–H and O–H groups in total. The van der Waals surface area contributed by atoms with Crippen LogP contribution >= 0.6 is 45.2 Å². The van der Waals surface area contributed by atoms with E-state index in [2.05, 4.69) is 57.8 Å². The average molecular weight is 440 g/mol. The maximum absolute atomic E-state index is 6.07. The van der Waals surface area contributed by atoms with Crippen molar-refractivity contribution in [3.05, 3.63) is 37.5 Å². The summed E-state index contributed by atoms with van der Waals surface area (Å²) in [5, 5.41) is 0. The van der Waals surface area contributed by atoms with E-state index >= 15 is 0 Å². The Kier molecular flexibility index (Phi) is 4.52. The van der Waals surface area contributed by atoms with E-state index in [1.54, 1.807) is 0 Å². The quantitative estimate of drug-likeness (QED) is 0.476. The molecule has 3 heteroatoms. The monoisotopic (exact) mass is 440 g/mol. The van der Waals surface area contributed by atoms with E-state index in [0.29, 0.717) is 0 Å². The van der Waals surface area contributed by atoms with Gasteiger partial charge in [-0.3, -0.25) is 0 Å². The highest BCUT2D eigenvalue weighted by atomic mass is 127. The van der Waals surface area contributed by atoms with Crippen LogP contribution in [0.15, 0.2) is 30.4 Å². The first-order chi connectivity index (χ1) is 7.68. The van der Waals surface area contributed by atoms with Crippen molar-refractivity contribution in [1.29, 1.82) is 0 Å². The molecule has 86 valence electrons. The van der Waals surface area contributed by atoms with Crippen LogP contribution in [0.2, 0.25) is 0 Å². The molecular weight excluding hydrogens is 426 g/mol. The summed E-state index contributed by atoms with van der Waals surface area (Å²) in [6.45, 7) is 4.11. The second kappa shape index (κ2) is 5.71.